The normalized spacial score (nSPS) is 13.3. The maximum absolute atomic E-state index is 6.57. The van der Waals surface area contributed by atoms with Crippen molar-refractivity contribution in [3.05, 3.63) is 0 Å². The van der Waals surface area contributed by atoms with E-state index >= 15 is 0 Å². The fourth-order valence-corrected chi connectivity index (χ4v) is 8.72. The lowest BCUT2D eigenvalue weighted by atomic mass is 9.76. The molecule has 0 aliphatic heterocycles. The smallest absolute Gasteiger partial charge is 0.192 e. The molecule has 0 aromatic heterocycles. The van der Waals surface area contributed by atoms with Crippen LogP contribution in [0.5, 0.6) is 0 Å². The maximum Gasteiger partial charge on any atom is 0.192 e. The van der Waals surface area contributed by atoms with Crippen LogP contribution in [0.2, 0.25) is 18.1 Å². The van der Waals surface area contributed by atoms with Crippen molar-refractivity contribution in [1.29, 1.82) is 0 Å². The van der Waals surface area contributed by atoms with E-state index < -0.39 is 8.32 Å². The molecule has 0 radical (unpaired) electrons. The highest BCUT2D eigenvalue weighted by Crippen LogP contribution is 2.45. The van der Waals surface area contributed by atoms with E-state index in [9.17, 15) is 0 Å². The first-order chi connectivity index (χ1) is 13.1. The summed E-state index contributed by atoms with van der Waals surface area (Å²) in [6, 6.07) is 3.87. The van der Waals surface area contributed by atoms with E-state index in [4.69, 9.17) is 4.43 Å². The summed E-state index contributed by atoms with van der Waals surface area (Å²) in [5, 5.41) is 0. The van der Waals surface area contributed by atoms with Gasteiger partial charge in [-0.15, -0.1) is 0 Å². The molecule has 0 aromatic carbocycles. The van der Waals surface area contributed by atoms with Crippen LogP contribution in [0.3, 0.4) is 0 Å². The van der Waals surface area contributed by atoms with Gasteiger partial charge < -0.3 is 19.1 Å². The van der Waals surface area contributed by atoms with Gasteiger partial charge in [-0.2, -0.15) is 0 Å². The third kappa shape index (κ3) is 11.9. The first-order valence-electron chi connectivity index (χ1n) is 11.7. The Labute approximate surface area is 179 Å². The van der Waals surface area contributed by atoms with Gasteiger partial charge in [0.2, 0.25) is 0 Å². The summed E-state index contributed by atoms with van der Waals surface area (Å²) in [6.07, 6.45) is 7.98. The molecule has 0 amide bonds. The molecule has 0 aliphatic rings. The zero-order valence-electron chi connectivity index (χ0n) is 20.9. The molecule has 0 aliphatic carbocycles. The lowest BCUT2D eigenvalue weighted by Gasteiger charge is -2.43. The van der Waals surface area contributed by atoms with E-state index in [1.807, 2.05) is 0 Å². The van der Waals surface area contributed by atoms with Crippen LogP contribution in [0.15, 0.2) is 0 Å². The Bertz CT molecular complexity index is 335. The summed E-state index contributed by atoms with van der Waals surface area (Å²) in [5.74, 6) is 0. The summed E-state index contributed by atoms with van der Waals surface area (Å²) in [5.41, 5.74) is 0.454. The summed E-state index contributed by atoms with van der Waals surface area (Å²) < 4.78 is 6.57. The van der Waals surface area contributed by atoms with Crippen LogP contribution in [-0.2, 0) is 4.43 Å². The van der Waals surface area contributed by atoms with Gasteiger partial charge >= 0.3 is 0 Å². The lowest BCUT2D eigenvalue weighted by molar-refractivity contribution is 0.186. The molecule has 0 atom stereocenters. The molecule has 5 heteroatoms. The van der Waals surface area contributed by atoms with Crippen LogP contribution in [0.25, 0.3) is 0 Å². The van der Waals surface area contributed by atoms with Gasteiger partial charge in [-0.25, -0.2) is 0 Å². The second kappa shape index (κ2) is 14.9. The molecule has 0 saturated carbocycles. The first kappa shape index (κ1) is 28.1. The van der Waals surface area contributed by atoms with Gasteiger partial charge in [0.25, 0.3) is 0 Å². The minimum atomic E-state index is -1.65. The predicted molar refractivity (Wildman–Crippen MR) is 129 cm³/mol. The lowest BCUT2D eigenvalue weighted by Crippen LogP contribution is -2.43. The standard InChI is InChI=1S/C23H53N3OSi/c1-10-27-28(11-2,12-3)22-23(16-13-19-24(4)5,17-14-20-25(6)7)18-15-21-26(8)9/h10-22H2,1-9H3. The third-order valence-electron chi connectivity index (χ3n) is 6.37. The maximum atomic E-state index is 6.57. The molecule has 0 aromatic rings. The highest BCUT2D eigenvalue weighted by atomic mass is 28.4. The molecule has 0 N–H and O–H groups in total. The van der Waals surface area contributed by atoms with Crippen molar-refractivity contribution in [1.82, 2.24) is 14.7 Å². The summed E-state index contributed by atoms with van der Waals surface area (Å²) >= 11 is 0. The highest BCUT2D eigenvalue weighted by Gasteiger charge is 2.41. The van der Waals surface area contributed by atoms with Crippen molar-refractivity contribution in [2.24, 2.45) is 5.41 Å². The van der Waals surface area contributed by atoms with Crippen LogP contribution in [0.1, 0.15) is 59.3 Å². The Balaban J connectivity index is 5.52. The molecule has 0 bridgehead atoms. The van der Waals surface area contributed by atoms with Crippen LogP contribution in [0.4, 0.5) is 0 Å². The van der Waals surface area contributed by atoms with Crippen molar-refractivity contribution in [2.45, 2.75) is 77.4 Å². The minimum absolute atomic E-state index is 0.454. The van der Waals surface area contributed by atoms with E-state index in [1.165, 1.54) is 76.3 Å². The van der Waals surface area contributed by atoms with Crippen LogP contribution in [0, 0.1) is 5.41 Å². The summed E-state index contributed by atoms with van der Waals surface area (Å²) in [6.45, 7) is 11.4. The Morgan fingerprint density at radius 3 is 1.25 bits per heavy atom. The Hall–Kier alpha value is 0.0569. The molecular weight excluding hydrogens is 362 g/mol. The highest BCUT2D eigenvalue weighted by molar-refractivity contribution is 6.73. The van der Waals surface area contributed by atoms with Gasteiger partial charge in [0.05, 0.1) is 0 Å². The Kier molecular flexibility index (Phi) is 15.0. The molecule has 0 rings (SSSR count). The molecule has 170 valence electrons. The minimum Gasteiger partial charge on any atom is -0.417 e. The van der Waals surface area contributed by atoms with Gasteiger partial charge in [-0.3, -0.25) is 0 Å². The first-order valence-corrected chi connectivity index (χ1v) is 14.3. The van der Waals surface area contributed by atoms with Gasteiger partial charge in [-0.1, -0.05) is 13.8 Å². The predicted octanol–water partition coefficient (Wildman–Crippen LogP) is 5.02. The van der Waals surface area contributed by atoms with E-state index in [-0.39, 0.29) is 0 Å². The fraction of sp³-hybridized carbons (Fsp3) is 1.00. The fourth-order valence-electron chi connectivity index (χ4n) is 4.70. The number of hydrogen-bond acceptors (Lipinski definition) is 4. The summed E-state index contributed by atoms with van der Waals surface area (Å²) in [7, 11) is 11.6. The van der Waals surface area contributed by atoms with Gasteiger partial charge in [0, 0.05) is 6.61 Å². The van der Waals surface area contributed by atoms with E-state index in [0.717, 1.165) is 6.61 Å². The Morgan fingerprint density at radius 2 is 1.00 bits per heavy atom. The molecule has 0 spiro atoms. The summed E-state index contributed by atoms with van der Waals surface area (Å²) in [4.78, 5) is 7.03. The van der Waals surface area contributed by atoms with Crippen LogP contribution < -0.4 is 0 Å². The van der Waals surface area contributed by atoms with Gasteiger partial charge in [0.15, 0.2) is 8.32 Å². The number of rotatable bonds is 18. The van der Waals surface area contributed by atoms with Crippen molar-refractivity contribution in [3.8, 4) is 0 Å². The molecule has 0 heterocycles. The van der Waals surface area contributed by atoms with Gasteiger partial charge in [-0.05, 0) is 131 Å². The second-order valence-electron chi connectivity index (χ2n) is 9.72. The molecule has 28 heavy (non-hydrogen) atoms. The molecule has 0 unspecified atom stereocenters. The molecular formula is C23H53N3OSi. The van der Waals surface area contributed by atoms with E-state index in [1.54, 1.807) is 0 Å². The van der Waals surface area contributed by atoms with E-state index in [2.05, 4.69) is 77.8 Å². The van der Waals surface area contributed by atoms with Crippen molar-refractivity contribution in [2.75, 3.05) is 68.5 Å². The Morgan fingerprint density at radius 1 is 0.643 bits per heavy atom. The second-order valence-corrected chi connectivity index (χ2v) is 14.1. The molecule has 4 nitrogen and oxygen atoms in total. The van der Waals surface area contributed by atoms with Crippen LogP contribution >= 0.6 is 0 Å². The largest absolute Gasteiger partial charge is 0.417 e. The monoisotopic (exact) mass is 415 g/mol. The van der Waals surface area contributed by atoms with E-state index in [0.29, 0.717) is 5.41 Å². The van der Waals surface area contributed by atoms with Crippen molar-refractivity contribution in [3.63, 3.8) is 0 Å². The van der Waals surface area contributed by atoms with Crippen LogP contribution in [-0.4, -0.2) is 91.5 Å². The number of nitrogens with zero attached hydrogens (tertiary/aromatic N) is 3. The van der Waals surface area contributed by atoms with Gasteiger partial charge in [0.1, 0.15) is 0 Å². The zero-order chi connectivity index (χ0) is 21.6. The average Bonchev–Trinajstić information content (AvgIpc) is 2.60. The quantitative estimate of drug-likeness (QED) is 0.293. The molecule has 0 fully saturated rings. The SMILES string of the molecule is CCO[Si](CC)(CC)CC(CCCN(C)C)(CCCN(C)C)CCCN(C)C. The van der Waals surface area contributed by atoms with Crippen molar-refractivity contribution < 1.29 is 4.43 Å². The average molecular weight is 416 g/mol. The topological polar surface area (TPSA) is 19.0 Å². The molecule has 0 saturated heterocycles. The third-order valence-corrected chi connectivity index (χ3v) is 11.2. The number of hydrogen-bond donors (Lipinski definition) is 0. The zero-order valence-corrected chi connectivity index (χ0v) is 21.9. The van der Waals surface area contributed by atoms with Crippen molar-refractivity contribution >= 4 is 8.32 Å².